The fraction of sp³-hybridized carbons (Fsp3) is 0.111. The highest BCUT2D eigenvalue weighted by Gasteiger charge is 2.16. The van der Waals surface area contributed by atoms with Crippen molar-refractivity contribution in [3.63, 3.8) is 0 Å². The molecule has 4 aromatic rings. The highest BCUT2D eigenvalue weighted by atomic mass is 32.2. The van der Waals surface area contributed by atoms with Gasteiger partial charge in [0.2, 0.25) is 5.91 Å². The summed E-state index contributed by atoms with van der Waals surface area (Å²) in [6.45, 7) is 1.83. The number of hydrogen-bond donors (Lipinski definition) is 2. The second kappa shape index (κ2) is 7.56. The number of thioether (sulfide) groups is 1. The normalized spacial score (nSPS) is 11.1. The predicted octanol–water partition coefficient (Wildman–Crippen LogP) is 3.35. The van der Waals surface area contributed by atoms with E-state index in [1.54, 1.807) is 17.5 Å². The Morgan fingerprint density at radius 1 is 1.32 bits per heavy atom. The molecule has 0 unspecified atom stereocenters. The van der Waals surface area contributed by atoms with Crippen LogP contribution in [-0.2, 0) is 4.79 Å². The molecule has 0 spiro atoms. The average molecular weight is 415 g/mol. The van der Waals surface area contributed by atoms with Crippen LogP contribution in [0.5, 0.6) is 0 Å². The molecule has 3 aromatic heterocycles. The number of halogens is 1. The zero-order chi connectivity index (χ0) is 19.7. The van der Waals surface area contributed by atoms with Crippen LogP contribution in [0.1, 0.15) is 5.69 Å². The second-order valence-electron chi connectivity index (χ2n) is 5.92. The van der Waals surface area contributed by atoms with E-state index in [9.17, 15) is 14.0 Å². The van der Waals surface area contributed by atoms with Gasteiger partial charge in [-0.15, -0.1) is 11.3 Å². The third-order valence-corrected chi connectivity index (χ3v) is 5.67. The number of fused-ring (bicyclic) bond motifs is 1. The van der Waals surface area contributed by atoms with Gasteiger partial charge in [0.05, 0.1) is 17.0 Å². The summed E-state index contributed by atoms with van der Waals surface area (Å²) < 4.78 is 15.2. The smallest absolute Gasteiger partial charge is 0.276 e. The number of hydrogen-bond acceptors (Lipinski definition) is 6. The highest BCUT2D eigenvalue weighted by molar-refractivity contribution is 7.99. The predicted molar refractivity (Wildman–Crippen MR) is 108 cm³/mol. The Bertz CT molecular complexity index is 1210. The minimum absolute atomic E-state index is 0.0369. The van der Waals surface area contributed by atoms with Crippen molar-refractivity contribution in [1.82, 2.24) is 19.7 Å². The fourth-order valence-electron chi connectivity index (χ4n) is 2.60. The molecule has 28 heavy (non-hydrogen) atoms. The fourth-order valence-corrected chi connectivity index (χ4v) is 4.17. The zero-order valence-corrected chi connectivity index (χ0v) is 16.2. The SMILES string of the molecule is Cc1cc(NC(=O)CSc2nc3ccsc3c(=O)n2-c2ccc(F)cc2)n[nH]1. The summed E-state index contributed by atoms with van der Waals surface area (Å²) >= 11 is 2.42. The first kappa shape index (κ1) is 18.4. The third-order valence-electron chi connectivity index (χ3n) is 3.84. The first-order valence-corrected chi connectivity index (χ1v) is 10.1. The Kier molecular flexibility index (Phi) is 4.97. The Labute approximate surface area is 166 Å². The van der Waals surface area contributed by atoms with Gasteiger partial charge in [-0.3, -0.25) is 19.3 Å². The standard InChI is InChI=1S/C18H14FN5O2S2/c1-10-8-14(23-22-10)21-15(25)9-28-18-20-13-6-7-27-16(13)17(26)24(18)12-4-2-11(19)3-5-12/h2-8H,9H2,1H3,(H2,21,22,23,25). The molecule has 142 valence electrons. The number of carbonyl (C=O) groups is 1. The summed E-state index contributed by atoms with van der Waals surface area (Å²) in [6.07, 6.45) is 0. The van der Waals surface area contributed by atoms with Crippen LogP contribution in [0, 0.1) is 12.7 Å². The van der Waals surface area contributed by atoms with Gasteiger partial charge >= 0.3 is 0 Å². The molecule has 0 saturated heterocycles. The number of aryl methyl sites for hydroxylation is 1. The lowest BCUT2D eigenvalue weighted by Crippen LogP contribution is -2.22. The van der Waals surface area contributed by atoms with Crippen molar-refractivity contribution in [3.8, 4) is 5.69 Å². The maximum Gasteiger partial charge on any atom is 0.276 e. The number of anilines is 1. The first-order chi connectivity index (χ1) is 13.5. The minimum Gasteiger partial charge on any atom is -0.308 e. The molecule has 10 heteroatoms. The van der Waals surface area contributed by atoms with Crippen molar-refractivity contribution in [2.45, 2.75) is 12.1 Å². The molecule has 7 nitrogen and oxygen atoms in total. The molecule has 0 saturated carbocycles. The highest BCUT2D eigenvalue weighted by Crippen LogP contribution is 2.24. The topological polar surface area (TPSA) is 92.7 Å². The number of aromatic nitrogens is 4. The average Bonchev–Trinajstić information content (AvgIpc) is 3.30. The Balaban J connectivity index is 1.65. The van der Waals surface area contributed by atoms with Gasteiger partial charge in [0.15, 0.2) is 11.0 Å². The van der Waals surface area contributed by atoms with Gasteiger partial charge in [0.1, 0.15) is 10.5 Å². The van der Waals surface area contributed by atoms with E-state index in [2.05, 4.69) is 20.5 Å². The Morgan fingerprint density at radius 3 is 2.82 bits per heavy atom. The molecule has 2 N–H and O–H groups in total. The van der Waals surface area contributed by atoms with E-state index in [1.165, 1.54) is 40.2 Å². The summed E-state index contributed by atoms with van der Waals surface area (Å²) in [6, 6.07) is 9.05. The molecule has 1 aromatic carbocycles. The number of benzene rings is 1. The van der Waals surface area contributed by atoms with Gasteiger partial charge in [-0.05, 0) is 42.6 Å². The number of aromatic amines is 1. The van der Waals surface area contributed by atoms with E-state index in [0.717, 1.165) is 17.5 Å². The van der Waals surface area contributed by atoms with Crippen LogP contribution in [0.15, 0.2) is 51.7 Å². The zero-order valence-electron chi connectivity index (χ0n) is 14.6. The van der Waals surface area contributed by atoms with Gasteiger partial charge in [-0.2, -0.15) is 5.10 Å². The molecule has 3 heterocycles. The van der Waals surface area contributed by atoms with Crippen LogP contribution < -0.4 is 10.9 Å². The van der Waals surface area contributed by atoms with E-state index >= 15 is 0 Å². The molecule has 0 fully saturated rings. The third kappa shape index (κ3) is 3.69. The number of nitrogens with zero attached hydrogens (tertiary/aromatic N) is 3. The second-order valence-corrected chi connectivity index (χ2v) is 7.78. The van der Waals surface area contributed by atoms with Crippen LogP contribution in [0.4, 0.5) is 10.2 Å². The molecule has 0 atom stereocenters. The molecular weight excluding hydrogens is 401 g/mol. The summed E-state index contributed by atoms with van der Waals surface area (Å²) in [5.41, 5.74) is 1.63. The maximum atomic E-state index is 13.3. The van der Waals surface area contributed by atoms with Crippen molar-refractivity contribution in [1.29, 1.82) is 0 Å². The number of nitrogens with one attached hydrogen (secondary N) is 2. The molecule has 0 radical (unpaired) electrons. The van der Waals surface area contributed by atoms with Gasteiger partial charge in [-0.1, -0.05) is 11.8 Å². The van der Waals surface area contributed by atoms with Crippen molar-refractivity contribution in [2.75, 3.05) is 11.1 Å². The number of amides is 1. The summed E-state index contributed by atoms with van der Waals surface area (Å²) in [7, 11) is 0. The molecule has 0 aliphatic carbocycles. The van der Waals surface area contributed by atoms with Crippen molar-refractivity contribution >= 4 is 45.0 Å². The summed E-state index contributed by atoms with van der Waals surface area (Å²) in [5, 5.41) is 11.5. The van der Waals surface area contributed by atoms with E-state index in [1.807, 2.05) is 6.92 Å². The summed E-state index contributed by atoms with van der Waals surface area (Å²) in [5.74, 6) is -0.207. The molecular formula is C18H14FN5O2S2. The lowest BCUT2D eigenvalue weighted by Gasteiger charge is -2.12. The van der Waals surface area contributed by atoms with E-state index < -0.39 is 5.82 Å². The molecule has 0 bridgehead atoms. The Morgan fingerprint density at radius 2 is 2.11 bits per heavy atom. The molecule has 4 rings (SSSR count). The minimum atomic E-state index is -0.398. The van der Waals surface area contributed by atoms with Crippen molar-refractivity contribution in [2.24, 2.45) is 0 Å². The number of thiophene rings is 1. The van der Waals surface area contributed by atoms with Gasteiger partial charge in [0.25, 0.3) is 5.56 Å². The monoisotopic (exact) mass is 415 g/mol. The number of rotatable bonds is 5. The Hall–Kier alpha value is -2.98. The number of carbonyl (C=O) groups excluding carboxylic acids is 1. The van der Waals surface area contributed by atoms with Crippen molar-refractivity contribution in [3.05, 3.63) is 63.6 Å². The van der Waals surface area contributed by atoms with Crippen LogP contribution in [0.2, 0.25) is 0 Å². The van der Waals surface area contributed by atoms with Gasteiger partial charge in [-0.25, -0.2) is 9.37 Å². The summed E-state index contributed by atoms with van der Waals surface area (Å²) in [4.78, 5) is 29.7. The first-order valence-electron chi connectivity index (χ1n) is 8.22. The number of H-pyrrole nitrogens is 1. The van der Waals surface area contributed by atoms with E-state index in [-0.39, 0.29) is 17.2 Å². The van der Waals surface area contributed by atoms with Crippen LogP contribution in [-0.4, -0.2) is 31.4 Å². The van der Waals surface area contributed by atoms with E-state index in [0.29, 0.717) is 26.9 Å². The van der Waals surface area contributed by atoms with Crippen LogP contribution >= 0.6 is 23.1 Å². The largest absolute Gasteiger partial charge is 0.308 e. The maximum absolute atomic E-state index is 13.3. The lowest BCUT2D eigenvalue weighted by molar-refractivity contribution is -0.113. The van der Waals surface area contributed by atoms with E-state index in [4.69, 9.17) is 0 Å². The van der Waals surface area contributed by atoms with Crippen LogP contribution in [0.3, 0.4) is 0 Å². The van der Waals surface area contributed by atoms with Crippen LogP contribution in [0.25, 0.3) is 15.9 Å². The quantitative estimate of drug-likeness (QED) is 0.385. The molecule has 0 aliphatic rings. The molecule has 0 aliphatic heterocycles. The lowest BCUT2D eigenvalue weighted by atomic mass is 10.3. The van der Waals surface area contributed by atoms with Crippen molar-refractivity contribution < 1.29 is 9.18 Å². The van der Waals surface area contributed by atoms with Gasteiger partial charge in [0, 0.05) is 11.8 Å². The van der Waals surface area contributed by atoms with Gasteiger partial charge < -0.3 is 5.32 Å². The molecule has 1 amide bonds.